The number of hydrogen-bond acceptors (Lipinski definition) is 4. The number of benzene rings is 1. The maximum absolute atomic E-state index is 11.4. The molecule has 0 amide bonds. The van der Waals surface area contributed by atoms with Crippen LogP contribution in [0.2, 0.25) is 0 Å². The lowest BCUT2D eigenvalue weighted by atomic mass is 10.2. The normalized spacial score (nSPS) is 10.6. The Morgan fingerprint density at radius 2 is 2.05 bits per heavy atom. The molecule has 1 N–H and O–H groups in total. The Hall–Kier alpha value is -2.21. The molecular weight excluding hydrogens is 310 g/mol. The van der Waals surface area contributed by atoms with Gasteiger partial charge in [-0.3, -0.25) is 9.78 Å². The molecule has 0 aliphatic rings. The highest BCUT2D eigenvalue weighted by Gasteiger charge is 2.08. The van der Waals surface area contributed by atoms with Gasteiger partial charge in [-0.1, -0.05) is 18.2 Å². The number of aromatic nitrogens is 3. The quantitative estimate of drug-likeness (QED) is 0.789. The number of hydrogen-bond donors (Lipinski definition) is 1. The average molecular weight is 318 g/mol. The summed E-state index contributed by atoms with van der Waals surface area (Å²) in [5.41, 5.74) is 0.589. The summed E-state index contributed by atoms with van der Waals surface area (Å²) in [5.74, 6) is 0.735. The van der Waals surface area contributed by atoms with E-state index >= 15 is 0 Å². The summed E-state index contributed by atoms with van der Waals surface area (Å²) < 4.78 is 5.81. The fraction of sp³-hybridized carbons (Fsp3) is 0. The van der Waals surface area contributed by atoms with Crippen molar-refractivity contribution in [3.05, 3.63) is 57.7 Å². The van der Waals surface area contributed by atoms with Crippen LogP contribution in [0.4, 0.5) is 0 Å². The molecule has 3 aromatic rings. The van der Waals surface area contributed by atoms with Crippen molar-refractivity contribution in [2.45, 2.75) is 0 Å². The van der Waals surface area contributed by atoms with Crippen molar-refractivity contribution in [1.82, 2.24) is 15.0 Å². The molecule has 0 radical (unpaired) electrons. The lowest BCUT2D eigenvalue weighted by Crippen LogP contribution is -2.08. The summed E-state index contributed by atoms with van der Waals surface area (Å²) in [5, 5.41) is 0.959. The number of aromatic amines is 1. The third-order valence-corrected chi connectivity index (χ3v) is 3.24. The fourth-order valence-corrected chi connectivity index (χ4v) is 1.95. The van der Waals surface area contributed by atoms with Crippen LogP contribution < -0.4 is 10.3 Å². The van der Waals surface area contributed by atoms with Crippen LogP contribution in [-0.4, -0.2) is 15.0 Å². The molecule has 0 saturated carbocycles. The van der Waals surface area contributed by atoms with Gasteiger partial charge in [0.15, 0.2) is 0 Å². The van der Waals surface area contributed by atoms with Crippen molar-refractivity contribution >= 4 is 26.8 Å². The molecule has 0 aliphatic heterocycles. The molecular formula is C13H8BrN3O2. The van der Waals surface area contributed by atoms with Gasteiger partial charge in [-0.15, -0.1) is 0 Å². The van der Waals surface area contributed by atoms with Crippen molar-refractivity contribution in [2.24, 2.45) is 0 Å². The van der Waals surface area contributed by atoms with Crippen LogP contribution >= 0.6 is 15.9 Å². The van der Waals surface area contributed by atoms with Crippen molar-refractivity contribution in [3.8, 4) is 11.6 Å². The number of fused-ring (bicyclic) bond motifs is 1. The van der Waals surface area contributed by atoms with Gasteiger partial charge in [0.05, 0.1) is 18.0 Å². The van der Waals surface area contributed by atoms with E-state index in [1.165, 1.54) is 6.33 Å². The summed E-state index contributed by atoms with van der Waals surface area (Å²) in [6.45, 7) is 0. The number of para-hydroxylation sites is 1. The maximum Gasteiger partial charge on any atom is 0.268 e. The van der Waals surface area contributed by atoms with E-state index in [-0.39, 0.29) is 15.9 Å². The Morgan fingerprint density at radius 3 is 2.95 bits per heavy atom. The van der Waals surface area contributed by atoms with E-state index in [0.29, 0.717) is 5.75 Å². The van der Waals surface area contributed by atoms with Crippen molar-refractivity contribution in [1.29, 1.82) is 0 Å². The molecule has 0 bridgehead atoms. The molecule has 94 valence electrons. The zero-order chi connectivity index (χ0) is 13.2. The van der Waals surface area contributed by atoms with E-state index in [1.807, 2.05) is 30.3 Å². The van der Waals surface area contributed by atoms with Gasteiger partial charge in [-0.25, -0.2) is 4.98 Å². The number of rotatable bonds is 2. The summed E-state index contributed by atoms with van der Waals surface area (Å²) >= 11 is 3.14. The van der Waals surface area contributed by atoms with Gasteiger partial charge in [-0.2, -0.15) is 0 Å². The van der Waals surface area contributed by atoms with Crippen LogP contribution in [0, 0.1) is 0 Å². The monoisotopic (exact) mass is 317 g/mol. The molecule has 0 spiro atoms. The number of halogens is 1. The topological polar surface area (TPSA) is 67.9 Å². The molecule has 5 nitrogen and oxygen atoms in total. The molecule has 6 heteroatoms. The Kier molecular flexibility index (Phi) is 3.00. The minimum atomic E-state index is -0.293. The van der Waals surface area contributed by atoms with Gasteiger partial charge in [0.1, 0.15) is 10.2 Å². The Balaban J connectivity index is 2.01. The summed E-state index contributed by atoms with van der Waals surface area (Å²) in [6.07, 6.45) is 2.88. The van der Waals surface area contributed by atoms with Gasteiger partial charge in [0, 0.05) is 5.39 Å². The Labute approximate surface area is 116 Å². The van der Waals surface area contributed by atoms with Gasteiger partial charge in [0.2, 0.25) is 5.88 Å². The molecule has 19 heavy (non-hydrogen) atoms. The molecule has 2 heterocycles. The smallest absolute Gasteiger partial charge is 0.268 e. The number of pyridine rings is 1. The van der Waals surface area contributed by atoms with Gasteiger partial charge in [-0.05, 0) is 28.1 Å². The SMILES string of the molecule is O=c1[nH]cnc(Oc2cnc3ccccc3c2)c1Br. The standard InChI is InChI=1S/C13H8BrN3O2/c14-11-12(18)16-7-17-13(11)19-9-5-8-3-1-2-4-10(8)15-6-9/h1-7H,(H,16,17,18). The van der Waals surface area contributed by atoms with Crippen LogP contribution in [0.25, 0.3) is 10.9 Å². The van der Waals surface area contributed by atoms with E-state index in [2.05, 4.69) is 30.9 Å². The number of ether oxygens (including phenoxy) is 1. The largest absolute Gasteiger partial charge is 0.436 e. The van der Waals surface area contributed by atoms with Gasteiger partial charge < -0.3 is 9.72 Å². The summed E-state index contributed by atoms with van der Waals surface area (Å²) in [7, 11) is 0. The van der Waals surface area contributed by atoms with Crippen LogP contribution in [-0.2, 0) is 0 Å². The third kappa shape index (κ3) is 2.34. The third-order valence-electron chi connectivity index (χ3n) is 2.54. The van der Waals surface area contributed by atoms with Crippen molar-refractivity contribution in [3.63, 3.8) is 0 Å². The van der Waals surface area contributed by atoms with Crippen LogP contribution in [0.3, 0.4) is 0 Å². The summed E-state index contributed by atoms with van der Waals surface area (Å²) in [6, 6.07) is 9.55. The lowest BCUT2D eigenvalue weighted by molar-refractivity contribution is 0.456. The van der Waals surface area contributed by atoms with E-state index in [9.17, 15) is 4.79 Å². The molecule has 0 atom stereocenters. The molecule has 1 aromatic carbocycles. The molecule has 0 aliphatic carbocycles. The van der Waals surface area contributed by atoms with Crippen LogP contribution in [0.5, 0.6) is 11.6 Å². The molecule has 0 unspecified atom stereocenters. The number of nitrogens with one attached hydrogen (secondary N) is 1. The second kappa shape index (κ2) is 4.81. The first-order chi connectivity index (χ1) is 9.24. The zero-order valence-corrected chi connectivity index (χ0v) is 11.2. The zero-order valence-electron chi connectivity index (χ0n) is 9.63. The Bertz CT molecular complexity index is 801. The second-order valence-electron chi connectivity index (χ2n) is 3.82. The van der Waals surface area contributed by atoms with Crippen molar-refractivity contribution < 1.29 is 4.74 Å². The van der Waals surface area contributed by atoms with E-state index in [1.54, 1.807) is 6.20 Å². The number of H-pyrrole nitrogens is 1. The highest BCUT2D eigenvalue weighted by atomic mass is 79.9. The first kappa shape index (κ1) is 11.9. The maximum atomic E-state index is 11.4. The fourth-order valence-electron chi connectivity index (χ4n) is 1.66. The van der Waals surface area contributed by atoms with Crippen molar-refractivity contribution in [2.75, 3.05) is 0 Å². The highest BCUT2D eigenvalue weighted by molar-refractivity contribution is 9.10. The minimum Gasteiger partial charge on any atom is -0.436 e. The molecule has 0 fully saturated rings. The minimum absolute atomic E-state index is 0.209. The predicted octanol–water partition coefficient (Wildman–Crippen LogP) is 2.87. The molecule has 0 saturated heterocycles. The lowest BCUT2D eigenvalue weighted by Gasteiger charge is -2.06. The second-order valence-corrected chi connectivity index (χ2v) is 4.61. The first-order valence-corrected chi connectivity index (χ1v) is 6.29. The summed E-state index contributed by atoms with van der Waals surface area (Å²) in [4.78, 5) is 22.1. The van der Waals surface area contributed by atoms with Gasteiger partial charge in [0.25, 0.3) is 5.56 Å². The first-order valence-electron chi connectivity index (χ1n) is 5.50. The van der Waals surface area contributed by atoms with Crippen LogP contribution in [0.1, 0.15) is 0 Å². The van der Waals surface area contributed by atoms with Gasteiger partial charge >= 0.3 is 0 Å². The predicted molar refractivity (Wildman–Crippen MR) is 74.4 cm³/mol. The molecule has 2 aromatic heterocycles. The average Bonchev–Trinajstić information content (AvgIpc) is 2.44. The highest BCUT2D eigenvalue weighted by Crippen LogP contribution is 2.25. The van der Waals surface area contributed by atoms with Crippen LogP contribution in [0.15, 0.2) is 52.1 Å². The van der Waals surface area contributed by atoms with E-state index < -0.39 is 0 Å². The number of nitrogens with zero attached hydrogens (tertiary/aromatic N) is 2. The van der Waals surface area contributed by atoms with E-state index in [0.717, 1.165) is 10.9 Å². The Morgan fingerprint density at radius 1 is 1.21 bits per heavy atom. The van der Waals surface area contributed by atoms with E-state index in [4.69, 9.17) is 4.74 Å². The molecule has 3 rings (SSSR count).